The van der Waals surface area contributed by atoms with Gasteiger partial charge in [-0.2, -0.15) is 0 Å². The molecule has 0 saturated heterocycles. The van der Waals surface area contributed by atoms with Crippen LogP contribution >= 0.6 is 0 Å². The van der Waals surface area contributed by atoms with Crippen LogP contribution in [0.15, 0.2) is 35.1 Å². The summed E-state index contributed by atoms with van der Waals surface area (Å²) in [5.74, 6) is 0.571. The summed E-state index contributed by atoms with van der Waals surface area (Å²) in [6, 6.07) is 8.44. The summed E-state index contributed by atoms with van der Waals surface area (Å²) in [5.41, 5.74) is 6.49. The molecule has 2 rings (SSSR count). The predicted molar refractivity (Wildman–Crippen MR) is 96.2 cm³/mol. The molecule has 0 amide bonds. The van der Waals surface area contributed by atoms with Crippen molar-refractivity contribution in [3.05, 3.63) is 46.4 Å². The lowest BCUT2D eigenvalue weighted by Gasteiger charge is -2.05. The SMILES string of the molecule is CCOC(=O)Cc1cc(=O)[nH]c([NH+]=C(N)Nc2ccc(OCC)cc2)n1. The normalized spacial score (nSPS) is 11.1. The van der Waals surface area contributed by atoms with Crippen molar-refractivity contribution in [3.8, 4) is 5.75 Å². The van der Waals surface area contributed by atoms with Crippen LogP contribution in [0, 0.1) is 0 Å². The third kappa shape index (κ3) is 5.93. The lowest BCUT2D eigenvalue weighted by molar-refractivity contribution is -0.365. The first-order chi connectivity index (χ1) is 12.5. The van der Waals surface area contributed by atoms with Crippen molar-refractivity contribution in [2.24, 2.45) is 5.73 Å². The number of nitrogens with one attached hydrogen (secondary N) is 3. The van der Waals surface area contributed by atoms with Crippen molar-refractivity contribution in [1.82, 2.24) is 9.97 Å². The van der Waals surface area contributed by atoms with Crippen molar-refractivity contribution in [2.75, 3.05) is 18.5 Å². The fraction of sp³-hybridized carbons (Fsp3) is 0.294. The summed E-state index contributed by atoms with van der Waals surface area (Å²) in [4.78, 5) is 32.6. The molecule has 0 radical (unpaired) electrons. The molecule has 0 saturated carbocycles. The number of aromatic nitrogens is 2. The second-order valence-corrected chi connectivity index (χ2v) is 5.19. The predicted octanol–water partition coefficient (Wildman–Crippen LogP) is -0.587. The van der Waals surface area contributed by atoms with Gasteiger partial charge in [0.1, 0.15) is 11.4 Å². The minimum Gasteiger partial charge on any atom is -0.494 e. The third-order valence-corrected chi connectivity index (χ3v) is 3.12. The van der Waals surface area contributed by atoms with Gasteiger partial charge in [0.05, 0.1) is 25.3 Å². The molecule has 0 bridgehead atoms. The number of ether oxygens (including phenoxy) is 2. The number of hydrogen-bond acceptors (Lipinski definition) is 5. The summed E-state index contributed by atoms with van der Waals surface area (Å²) in [6.07, 6.45) is -0.0985. The van der Waals surface area contributed by atoms with Crippen molar-refractivity contribution in [2.45, 2.75) is 20.3 Å². The van der Waals surface area contributed by atoms with Gasteiger partial charge >= 0.3 is 11.9 Å². The van der Waals surface area contributed by atoms with Gasteiger partial charge in [0.25, 0.3) is 11.5 Å². The highest BCUT2D eigenvalue weighted by molar-refractivity contribution is 5.88. The molecule has 0 atom stereocenters. The Morgan fingerprint density at radius 2 is 2.00 bits per heavy atom. The second-order valence-electron chi connectivity index (χ2n) is 5.19. The maximum absolute atomic E-state index is 11.7. The quantitative estimate of drug-likeness (QED) is 0.295. The molecule has 0 fully saturated rings. The minimum atomic E-state index is -0.457. The zero-order chi connectivity index (χ0) is 18.9. The minimum absolute atomic E-state index is 0.0985. The van der Waals surface area contributed by atoms with E-state index < -0.39 is 11.5 Å². The molecule has 1 aromatic carbocycles. The van der Waals surface area contributed by atoms with Crippen LogP contribution < -0.4 is 26.3 Å². The van der Waals surface area contributed by atoms with E-state index in [1.165, 1.54) is 6.07 Å². The number of benzene rings is 1. The molecule has 9 nitrogen and oxygen atoms in total. The number of rotatable bonds is 7. The average Bonchev–Trinajstić information content (AvgIpc) is 2.56. The topological polar surface area (TPSA) is 133 Å². The first-order valence-electron chi connectivity index (χ1n) is 8.15. The van der Waals surface area contributed by atoms with Gasteiger partial charge in [0.2, 0.25) is 0 Å². The van der Waals surface area contributed by atoms with Crippen LogP contribution in [0.5, 0.6) is 5.75 Å². The first-order valence-corrected chi connectivity index (χ1v) is 8.15. The van der Waals surface area contributed by atoms with Crippen molar-refractivity contribution in [1.29, 1.82) is 0 Å². The van der Waals surface area contributed by atoms with Gasteiger partial charge in [-0.1, -0.05) is 0 Å². The molecule has 0 unspecified atom stereocenters. The zero-order valence-electron chi connectivity index (χ0n) is 14.7. The van der Waals surface area contributed by atoms with Crippen molar-refractivity contribution >= 4 is 23.6 Å². The second kappa shape index (κ2) is 9.21. The van der Waals surface area contributed by atoms with Crippen LogP contribution in [-0.2, 0) is 16.0 Å². The lowest BCUT2D eigenvalue weighted by Crippen LogP contribution is -2.73. The number of aromatic amines is 1. The number of hydrogen-bond donors (Lipinski definition) is 4. The molecule has 2 aromatic rings. The van der Waals surface area contributed by atoms with Gasteiger partial charge in [-0.05, 0) is 38.1 Å². The van der Waals surface area contributed by atoms with E-state index in [2.05, 4.69) is 20.3 Å². The molecule has 0 aliphatic heterocycles. The summed E-state index contributed by atoms with van der Waals surface area (Å²) in [5, 5.41) is 2.93. The lowest BCUT2D eigenvalue weighted by atomic mass is 10.3. The van der Waals surface area contributed by atoms with E-state index in [0.717, 1.165) is 11.4 Å². The number of nitrogens with zero attached hydrogens (tertiary/aromatic N) is 1. The molecule has 9 heteroatoms. The molecular formula is C17H22N5O4+. The molecule has 0 aliphatic carbocycles. The molecule has 26 heavy (non-hydrogen) atoms. The van der Waals surface area contributed by atoms with Gasteiger partial charge in [0.15, 0.2) is 0 Å². The van der Waals surface area contributed by atoms with E-state index in [1.807, 2.05) is 6.92 Å². The Bertz CT molecular complexity index is 830. The third-order valence-electron chi connectivity index (χ3n) is 3.12. The highest BCUT2D eigenvalue weighted by Crippen LogP contribution is 2.14. The van der Waals surface area contributed by atoms with Gasteiger partial charge < -0.3 is 15.2 Å². The number of anilines is 1. The Morgan fingerprint density at radius 1 is 1.27 bits per heavy atom. The Labute approximate surface area is 150 Å². The van der Waals surface area contributed by atoms with E-state index in [-0.39, 0.29) is 30.6 Å². The Morgan fingerprint density at radius 3 is 2.65 bits per heavy atom. The first kappa shape index (κ1) is 19.0. The number of H-pyrrole nitrogens is 1. The fourth-order valence-electron chi connectivity index (χ4n) is 2.13. The van der Waals surface area contributed by atoms with E-state index in [4.69, 9.17) is 15.2 Å². The maximum atomic E-state index is 11.7. The fourth-order valence-corrected chi connectivity index (χ4v) is 2.13. The summed E-state index contributed by atoms with van der Waals surface area (Å²) < 4.78 is 10.2. The van der Waals surface area contributed by atoms with E-state index in [1.54, 1.807) is 31.2 Å². The van der Waals surface area contributed by atoms with Gasteiger partial charge in [-0.25, -0.2) is 9.98 Å². The summed E-state index contributed by atoms with van der Waals surface area (Å²) in [7, 11) is 0. The van der Waals surface area contributed by atoms with Gasteiger partial charge in [-0.15, -0.1) is 4.98 Å². The average molecular weight is 360 g/mol. The van der Waals surface area contributed by atoms with Crippen LogP contribution in [-0.4, -0.2) is 35.1 Å². The standard InChI is InChI=1S/C17H21N5O4/c1-3-25-13-7-5-11(6-8-13)19-16(18)22-17-20-12(9-14(23)21-17)10-15(24)26-4-2/h5-9H,3-4,10H2,1-2H3,(H4,18,19,20,21,22,23)/p+1. The molecule has 1 aromatic heterocycles. The number of carbonyl (C=O) groups is 1. The maximum Gasteiger partial charge on any atom is 0.325 e. The van der Waals surface area contributed by atoms with Crippen LogP contribution in [0.1, 0.15) is 19.5 Å². The van der Waals surface area contributed by atoms with Gasteiger partial charge in [0, 0.05) is 6.07 Å². The van der Waals surface area contributed by atoms with Crippen LogP contribution in [0.3, 0.4) is 0 Å². The summed E-state index contributed by atoms with van der Waals surface area (Å²) >= 11 is 0. The molecular weight excluding hydrogens is 338 g/mol. The molecule has 138 valence electrons. The number of carbonyl (C=O) groups excluding carboxylic acids is 1. The molecule has 0 spiro atoms. The van der Waals surface area contributed by atoms with E-state index >= 15 is 0 Å². The van der Waals surface area contributed by atoms with Crippen LogP contribution in [0.4, 0.5) is 11.6 Å². The smallest absolute Gasteiger partial charge is 0.325 e. The largest absolute Gasteiger partial charge is 0.494 e. The van der Waals surface area contributed by atoms with Gasteiger partial charge in [-0.3, -0.25) is 14.9 Å². The highest BCUT2D eigenvalue weighted by atomic mass is 16.5. The van der Waals surface area contributed by atoms with Crippen LogP contribution in [0.2, 0.25) is 0 Å². The monoisotopic (exact) mass is 360 g/mol. The molecule has 5 N–H and O–H groups in total. The Kier molecular flexibility index (Phi) is 6.72. The van der Waals surface area contributed by atoms with E-state index in [9.17, 15) is 9.59 Å². The van der Waals surface area contributed by atoms with Crippen molar-refractivity contribution < 1.29 is 19.3 Å². The Hall–Kier alpha value is -3.36. The highest BCUT2D eigenvalue weighted by Gasteiger charge is 2.11. The van der Waals surface area contributed by atoms with E-state index in [0.29, 0.717) is 6.61 Å². The Balaban J connectivity index is 2.10. The number of esters is 1. The number of guanidine groups is 1. The molecule has 1 heterocycles. The summed E-state index contributed by atoms with van der Waals surface area (Å²) in [6.45, 7) is 4.47. The molecule has 0 aliphatic rings. The van der Waals surface area contributed by atoms with Crippen molar-refractivity contribution in [3.63, 3.8) is 0 Å². The number of nitrogens with two attached hydrogens (primary N) is 1. The zero-order valence-corrected chi connectivity index (χ0v) is 14.7. The van der Waals surface area contributed by atoms with Crippen LogP contribution in [0.25, 0.3) is 0 Å².